The zero-order chi connectivity index (χ0) is 11.8. The van der Waals surface area contributed by atoms with Gasteiger partial charge in [-0.25, -0.2) is 0 Å². The summed E-state index contributed by atoms with van der Waals surface area (Å²) in [7, 11) is 0. The molecule has 0 saturated carbocycles. The summed E-state index contributed by atoms with van der Waals surface area (Å²) in [5.74, 6) is 0. The topological polar surface area (TPSA) is 18.5 Å². The maximum Gasteiger partial charge on any atom is 0.0605 e. The van der Waals surface area contributed by atoms with Crippen molar-refractivity contribution in [1.82, 2.24) is 0 Å². The Morgan fingerprint density at radius 1 is 0.733 bits per heavy atom. The molecule has 0 aliphatic carbocycles. The number of ether oxygens (including phenoxy) is 2. The molecule has 2 heteroatoms. The van der Waals surface area contributed by atoms with E-state index >= 15 is 0 Å². The van der Waals surface area contributed by atoms with Crippen molar-refractivity contribution in [3.05, 3.63) is 0 Å². The highest BCUT2D eigenvalue weighted by atomic mass is 16.5. The Bertz CT molecular complexity index is 103. The largest absolute Gasteiger partial charge is 0.382 e. The van der Waals surface area contributed by atoms with Crippen LogP contribution < -0.4 is 0 Å². The van der Waals surface area contributed by atoms with Crippen LogP contribution in [0, 0.1) is 0 Å². The Morgan fingerprint density at radius 2 is 1.00 bits per heavy atom. The highest BCUT2D eigenvalue weighted by Crippen LogP contribution is 2.17. The highest BCUT2D eigenvalue weighted by Gasteiger charge is 2.19. The minimum Gasteiger partial charge on any atom is -0.382 e. The Hall–Kier alpha value is -0.0800. The molecule has 0 aliphatic rings. The maximum absolute atomic E-state index is 5.62. The third-order valence-corrected chi connectivity index (χ3v) is 1.02. The summed E-state index contributed by atoms with van der Waals surface area (Å²) in [6.07, 6.45) is 0. The molecular formula is C13H32O2. The van der Waals surface area contributed by atoms with Crippen molar-refractivity contribution < 1.29 is 9.47 Å². The first kappa shape index (κ1) is 20.3. The van der Waals surface area contributed by atoms with Crippen LogP contribution in [0.5, 0.6) is 0 Å². The van der Waals surface area contributed by atoms with Crippen LogP contribution in [0.3, 0.4) is 0 Å². The fraction of sp³-hybridized carbons (Fsp3) is 1.00. The predicted molar refractivity (Wildman–Crippen MR) is 69.5 cm³/mol. The van der Waals surface area contributed by atoms with Gasteiger partial charge in [0.15, 0.2) is 0 Å². The minimum atomic E-state index is -0.0156. The third-order valence-electron chi connectivity index (χ3n) is 1.02. The number of hydrogen-bond donors (Lipinski definition) is 0. The van der Waals surface area contributed by atoms with E-state index in [4.69, 9.17) is 9.47 Å². The van der Waals surface area contributed by atoms with Crippen LogP contribution >= 0.6 is 0 Å². The van der Waals surface area contributed by atoms with Gasteiger partial charge in [-0.05, 0) is 55.4 Å². The summed E-state index contributed by atoms with van der Waals surface area (Å²) in [6.45, 7) is 18.1. The molecule has 96 valence electrons. The van der Waals surface area contributed by atoms with Crippen LogP contribution in [-0.4, -0.2) is 24.4 Å². The van der Waals surface area contributed by atoms with Crippen molar-refractivity contribution in [2.24, 2.45) is 0 Å². The molecule has 0 aromatic rings. The lowest BCUT2D eigenvalue weighted by molar-refractivity contribution is -0.102. The summed E-state index contributed by atoms with van der Waals surface area (Å²) in [4.78, 5) is 0. The van der Waals surface area contributed by atoms with Crippen LogP contribution in [0.4, 0.5) is 0 Å². The Kier molecular flexibility index (Phi) is 12.4. The highest BCUT2D eigenvalue weighted by molar-refractivity contribution is 4.68. The van der Waals surface area contributed by atoms with Gasteiger partial charge >= 0.3 is 0 Å². The molecule has 0 spiro atoms. The molecule has 0 atom stereocenters. The Labute approximate surface area is 97.4 Å². The SMILES string of the molecule is C.CC(C)(C)OC(C)(C)C.CCOCC. The van der Waals surface area contributed by atoms with Crippen molar-refractivity contribution in [2.45, 2.75) is 74.0 Å². The first-order valence-electron chi connectivity index (χ1n) is 5.40. The van der Waals surface area contributed by atoms with Gasteiger partial charge in [-0.3, -0.25) is 0 Å². The molecular weight excluding hydrogens is 188 g/mol. The maximum atomic E-state index is 5.62. The predicted octanol–water partition coefficient (Wildman–Crippen LogP) is 4.28. The van der Waals surface area contributed by atoms with Gasteiger partial charge in [0, 0.05) is 13.2 Å². The molecule has 0 heterocycles. The van der Waals surface area contributed by atoms with E-state index < -0.39 is 0 Å². The van der Waals surface area contributed by atoms with Gasteiger partial charge < -0.3 is 9.47 Å². The van der Waals surface area contributed by atoms with Crippen LogP contribution in [0.1, 0.15) is 62.8 Å². The summed E-state index contributed by atoms with van der Waals surface area (Å²) in [5.41, 5.74) is -0.0312. The van der Waals surface area contributed by atoms with Crippen molar-refractivity contribution in [3.8, 4) is 0 Å². The molecule has 0 unspecified atom stereocenters. The molecule has 0 aliphatic heterocycles. The lowest BCUT2D eigenvalue weighted by Crippen LogP contribution is -2.31. The summed E-state index contributed by atoms with van der Waals surface area (Å²) < 4.78 is 10.5. The van der Waals surface area contributed by atoms with E-state index in [0.29, 0.717) is 0 Å². The summed E-state index contributed by atoms with van der Waals surface area (Å²) in [5, 5.41) is 0. The van der Waals surface area contributed by atoms with Gasteiger partial charge in [0.1, 0.15) is 0 Å². The van der Waals surface area contributed by atoms with E-state index in [9.17, 15) is 0 Å². The molecule has 2 nitrogen and oxygen atoms in total. The van der Waals surface area contributed by atoms with E-state index in [1.54, 1.807) is 0 Å². The van der Waals surface area contributed by atoms with Crippen molar-refractivity contribution >= 4 is 0 Å². The molecule has 15 heavy (non-hydrogen) atoms. The molecule has 0 radical (unpaired) electrons. The smallest absolute Gasteiger partial charge is 0.0605 e. The monoisotopic (exact) mass is 220 g/mol. The lowest BCUT2D eigenvalue weighted by atomic mass is 10.1. The van der Waals surface area contributed by atoms with Crippen LogP contribution in [0.2, 0.25) is 0 Å². The van der Waals surface area contributed by atoms with Crippen LogP contribution in [0.15, 0.2) is 0 Å². The third kappa shape index (κ3) is 31.5. The van der Waals surface area contributed by atoms with Gasteiger partial charge in [-0.2, -0.15) is 0 Å². The molecule has 0 N–H and O–H groups in total. The van der Waals surface area contributed by atoms with Crippen LogP contribution in [0.25, 0.3) is 0 Å². The molecule has 0 bridgehead atoms. The average Bonchev–Trinajstić information content (AvgIpc) is 1.81. The van der Waals surface area contributed by atoms with E-state index in [-0.39, 0.29) is 18.6 Å². The van der Waals surface area contributed by atoms with E-state index in [1.165, 1.54) is 0 Å². The van der Waals surface area contributed by atoms with Crippen LogP contribution in [-0.2, 0) is 9.47 Å². The second kappa shape index (κ2) is 9.17. The van der Waals surface area contributed by atoms with Gasteiger partial charge in [-0.15, -0.1) is 0 Å². The summed E-state index contributed by atoms with van der Waals surface area (Å²) in [6, 6.07) is 0. The fourth-order valence-corrected chi connectivity index (χ4v) is 1.12. The first-order chi connectivity index (χ1) is 6.12. The lowest BCUT2D eigenvalue weighted by Gasteiger charge is -2.30. The second-order valence-corrected chi connectivity index (χ2v) is 5.11. The minimum absolute atomic E-state index is 0. The summed E-state index contributed by atoms with van der Waals surface area (Å²) >= 11 is 0. The zero-order valence-corrected chi connectivity index (χ0v) is 11.2. The van der Waals surface area contributed by atoms with E-state index in [1.807, 2.05) is 13.8 Å². The standard InChI is InChI=1S/C8H18O.C4H10O.CH4/c1-7(2,3)9-8(4,5)6;1-3-5-4-2;/h1-6H3;3-4H2,1-2H3;1H4. The molecule has 0 rings (SSSR count). The average molecular weight is 220 g/mol. The fourth-order valence-electron chi connectivity index (χ4n) is 1.12. The van der Waals surface area contributed by atoms with E-state index in [0.717, 1.165) is 13.2 Å². The Morgan fingerprint density at radius 3 is 1.00 bits per heavy atom. The molecule has 0 aromatic heterocycles. The van der Waals surface area contributed by atoms with Gasteiger partial charge in [-0.1, -0.05) is 7.43 Å². The second-order valence-electron chi connectivity index (χ2n) is 5.11. The number of hydrogen-bond acceptors (Lipinski definition) is 2. The molecule has 0 aromatic carbocycles. The Balaban J connectivity index is -0.000000208. The van der Waals surface area contributed by atoms with Crippen molar-refractivity contribution in [3.63, 3.8) is 0 Å². The quantitative estimate of drug-likeness (QED) is 0.691. The van der Waals surface area contributed by atoms with Crippen molar-refractivity contribution in [1.29, 1.82) is 0 Å². The normalized spacial score (nSPS) is 11.2. The molecule has 0 saturated heterocycles. The zero-order valence-electron chi connectivity index (χ0n) is 11.2. The number of rotatable bonds is 2. The molecule has 0 fully saturated rings. The first-order valence-corrected chi connectivity index (χ1v) is 5.40. The molecule has 0 amide bonds. The van der Waals surface area contributed by atoms with Crippen molar-refractivity contribution in [2.75, 3.05) is 13.2 Å². The van der Waals surface area contributed by atoms with Gasteiger partial charge in [0.05, 0.1) is 11.2 Å². The van der Waals surface area contributed by atoms with Gasteiger partial charge in [0.25, 0.3) is 0 Å². The van der Waals surface area contributed by atoms with Gasteiger partial charge in [0.2, 0.25) is 0 Å². The van der Waals surface area contributed by atoms with E-state index in [2.05, 4.69) is 41.5 Å².